The van der Waals surface area contributed by atoms with Crippen molar-refractivity contribution in [2.75, 3.05) is 11.9 Å². The smallest absolute Gasteiger partial charge is 0.314 e. The molecule has 0 aliphatic heterocycles. The van der Waals surface area contributed by atoms with E-state index in [0.717, 1.165) is 5.56 Å². The molecule has 0 spiro atoms. The lowest BCUT2D eigenvalue weighted by atomic mass is 10.1. The summed E-state index contributed by atoms with van der Waals surface area (Å²) < 4.78 is 0. The standard InChI is InChI=1S/C14H15N3O3/c1-10-6-8-15-14(13(10)17(19)20)16-9-7-11-2-4-12(18)5-3-11/h2-6,8,18H,7,9H2,1H3,(H,15,16). The molecular formula is C14H15N3O3. The molecule has 2 rings (SSSR count). The maximum absolute atomic E-state index is 11.0. The van der Waals surface area contributed by atoms with Gasteiger partial charge in [0.1, 0.15) is 5.75 Å². The molecule has 1 aromatic carbocycles. The molecule has 0 aliphatic carbocycles. The molecule has 0 unspecified atom stereocenters. The van der Waals surface area contributed by atoms with Gasteiger partial charge in [0, 0.05) is 18.3 Å². The number of benzene rings is 1. The number of nitro groups is 1. The van der Waals surface area contributed by atoms with Crippen LogP contribution >= 0.6 is 0 Å². The first-order chi connectivity index (χ1) is 9.58. The third-order valence-corrected chi connectivity index (χ3v) is 2.95. The summed E-state index contributed by atoms with van der Waals surface area (Å²) in [6.07, 6.45) is 2.23. The van der Waals surface area contributed by atoms with E-state index in [1.165, 1.54) is 0 Å². The number of pyridine rings is 1. The molecule has 0 saturated carbocycles. The van der Waals surface area contributed by atoms with E-state index in [1.807, 2.05) is 12.1 Å². The number of aryl methyl sites for hydroxylation is 1. The normalized spacial score (nSPS) is 10.2. The van der Waals surface area contributed by atoms with E-state index in [0.29, 0.717) is 18.5 Å². The van der Waals surface area contributed by atoms with Crippen molar-refractivity contribution in [3.8, 4) is 5.75 Å². The lowest BCUT2D eigenvalue weighted by molar-refractivity contribution is -0.384. The zero-order chi connectivity index (χ0) is 14.5. The Bertz CT molecular complexity index is 612. The average Bonchev–Trinajstić information content (AvgIpc) is 2.40. The Morgan fingerprint density at radius 3 is 2.65 bits per heavy atom. The number of anilines is 1. The number of hydrogen-bond donors (Lipinski definition) is 2. The van der Waals surface area contributed by atoms with Crippen molar-refractivity contribution < 1.29 is 10.0 Å². The third-order valence-electron chi connectivity index (χ3n) is 2.95. The zero-order valence-electron chi connectivity index (χ0n) is 11.0. The van der Waals surface area contributed by atoms with Gasteiger partial charge in [-0.3, -0.25) is 10.1 Å². The highest BCUT2D eigenvalue weighted by Crippen LogP contribution is 2.25. The van der Waals surface area contributed by atoms with E-state index < -0.39 is 4.92 Å². The molecule has 2 aromatic rings. The molecule has 0 bridgehead atoms. The van der Waals surface area contributed by atoms with Crippen molar-refractivity contribution in [3.63, 3.8) is 0 Å². The fraction of sp³-hybridized carbons (Fsp3) is 0.214. The monoisotopic (exact) mass is 273 g/mol. The van der Waals surface area contributed by atoms with Crippen LogP contribution in [0.15, 0.2) is 36.5 Å². The first-order valence-corrected chi connectivity index (χ1v) is 6.19. The maximum atomic E-state index is 11.0. The Morgan fingerprint density at radius 2 is 2.00 bits per heavy atom. The minimum absolute atomic E-state index is 0.0122. The SMILES string of the molecule is Cc1ccnc(NCCc2ccc(O)cc2)c1[N+](=O)[O-]. The quantitative estimate of drug-likeness (QED) is 0.645. The Hall–Kier alpha value is -2.63. The Balaban J connectivity index is 2.02. The van der Waals surface area contributed by atoms with E-state index in [9.17, 15) is 15.2 Å². The van der Waals surface area contributed by atoms with Gasteiger partial charge in [0.25, 0.3) is 0 Å². The van der Waals surface area contributed by atoms with Crippen molar-refractivity contribution in [1.29, 1.82) is 0 Å². The first kappa shape index (κ1) is 13.8. The largest absolute Gasteiger partial charge is 0.508 e. The van der Waals surface area contributed by atoms with Gasteiger partial charge in [-0.2, -0.15) is 0 Å². The Morgan fingerprint density at radius 1 is 1.30 bits per heavy atom. The van der Waals surface area contributed by atoms with Crippen molar-refractivity contribution in [3.05, 3.63) is 57.8 Å². The van der Waals surface area contributed by atoms with Crippen LogP contribution in [-0.4, -0.2) is 21.6 Å². The molecule has 0 saturated heterocycles. The number of phenols is 1. The number of hydrogen-bond acceptors (Lipinski definition) is 5. The molecule has 0 aliphatic rings. The lowest BCUT2D eigenvalue weighted by Crippen LogP contribution is -2.09. The minimum atomic E-state index is -0.425. The Kier molecular flexibility index (Phi) is 4.14. The van der Waals surface area contributed by atoms with Gasteiger partial charge in [0.15, 0.2) is 0 Å². The second kappa shape index (κ2) is 6.01. The topological polar surface area (TPSA) is 88.3 Å². The molecule has 0 fully saturated rings. The fourth-order valence-electron chi connectivity index (χ4n) is 1.90. The molecule has 0 radical (unpaired) electrons. The van der Waals surface area contributed by atoms with E-state index in [-0.39, 0.29) is 17.3 Å². The molecule has 1 aromatic heterocycles. The summed E-state index contributed by atoms with van der Waals surface area (Å²) in [5.41, 5.74) is 1.63. The highest BCUT2D eigenvalue weighted by molar-refractivity contribution is 5.59. The summed E-state index contributed by atoms with van der Waals surface area (Å²) >= 11 is 0. The van der Waals surface area contributed by atoms with Crippen molar-refractivity contribution in [1.82, 2.24) is 4.98 Å². The molecule has 0 amide bonds. The van der Waals surface area contributed by atoms with Gasteiger partial charge in [-0.25, -0.2) is 4.98 Å². The Labute approximate surface area is 116 Å². The molecule has 1 heterocycles. The summed E-state index contributed by atoms with van der Waals surface area (Å²) in [5.74, 6) is 0.506. The van der Waals surface area contributed by atoms with E-state index in [1.54, 1.807) is 31.3 Å². The predicted molar refractivity (Wildman–Crippen MR) is 75.9 cm³/mol. The molecular weight excluding hydrogens is 258 g/mol. The predicted octanol–water partition coefficient (Wildman–Crippen LogP) is 2.66. The van der Waals surface area contributed by atoms with Crippen LogP contribution in [0.2, 0.25) is 0 Å². The second-order valence-electron chi connectivity index (χ2n) is 4.43. The van der Waals surface area contributed by atoms with Gasteiger partial charge >= 0.3 is 5.69 Å². The molecule has 104 valence electrons. The summed E-state index contributed by atoms with van der Waals surface area (Å²) in [4.78, 5) is 14.6. The van der Waals surface area contributed by atoms with Gasteiger partial charge in [0.2, 0.25) is 5.82 Å². The maximum Gasteiger partial charge on any atom is 0.314 e. The molecule has 6 nitrogen and oxygen atoms in total. The number of nitrogens with zero attached hydrogens (tertiary/aromatic N) is 2. The number of phenolic OH excluding ortho intramolecular Hbond substituents is 1. The van der Waals surface area contributed by atoms with Crippen LogP contribution < -0.4 is 5.32 Å². The van der Waals surface area contributed by atoms with Crippen LogP contribution in [0.4, 0.5) is 11.5 Å². The number of nitrogens with one attached hydrogen (secondary N) is 1. The van der Waals surface area contributed by atoms with Crippen LogP contribution in [0.25, 0.3) is 0 Å². The minimum Gasteiger partial charge on any atom is -0.508 e. The van der Waals surface area contributed by atoms with Gasteiger partial charge in [-0.1, -0.05) is 12.1 Å². The molecule has 20 heavy (non-hydrogen) atoms. The van der Waals surface area contributed by atoms with Crippen LogP contribution in [0.3, 0.4) is 0 Å². The highest BCUT2D eigenvalue weighted by Gasteiger charge is 2.17. The number of aromatic nitrogens is 1. The van der Waals surface area contributed by atoms with E-state index in [2.05, 4.69) is 10.3 Å². The number of aromatic hydroxyl groups is 1. The zero-order valence-corrected chi connectivity index (χ0v) is 11.0. The molecule has 2 N–H and O–H groups in total. The fourth-order valence-corrected chi connectivity index (χ4v) is 1.90. The second-order valence-corrected chi connectivity index (χ2v) is 4.43. The van der Waals surface area contributed by atoms with Crippen LogP contribution in [-0.2, 0) is 6.42 Å². The lowest BCUT2D eigenvalue weighted by Gasteiger charge is -2.07. The average molecular weight is 273 g/mol. The summed E-state index contributed by atoms with van der Waals surface area (Å²) in [6.45, 7) is 2.22. The van der Waals surface area contributed by atoms with Gasteiger partial charge in [-0.15, -0.1) is 0 Å². The van der Waals surface area contributed by atoms with Crippen molar-refractivity contribution in [2.45, 2.75) is 13.3 Å². The summed E-state index contributed by atoms with van der Waals surface area (Å²) in [7, 11) is 0. The molecule has 0 atom stereocenters. The van der Waals surface area contributed by atoms with Crippen LogP contribution in [0, 0.1) is 17.0 Å². The highest BCUT2D eigenvalue weighted by atomic mass is 16.6. The third kappa shape index (κ3) is 3.23. The summed E-state index contributed by atoms with van der Waals surface area (Å²) in [5, 5.41) is 23.2. The van der Waals surface area contributed by atoms with Gasteiger partial charge < -0.3 is 10.4 Å². The van der Waals surface area contributed by atoms with Gasteiger partial charge in [0.05, 0.1) is 4.92 Å². The van der Waals surface area contributed by atoms with Crippen molar-refractivity contribution in [2.24, 2.45) is 0 Å². The first-order valence-electron chi connectivity index (χ1n) is 6.19. The van der Waals surface area contributed by atoms with Gasteiger partial charge in [-0.05, 0) is 37.1 Å². The van der Waals surface area contributed by atoms with E-state index in [4.69, 9.17) is 0 Å². The van der Waals surface area contributed by atoms with E-state index >= 15 is 0 Å². The van der Waals surface area contributed by atoms with Crippen molar-refractivity contribution >= 4 is 11.5 Å². The van der Waals surface area contributed by atoms with Crippen LogP contribution in [0.1, 0.15) is 11.1 Å². The van der Waals surface area contributed by atoms with Crippen LogP contribution in [0.5, 0.6) is 5.75 Å². The molecule has 6 heteroatoms. The summed E-state index contributed by atoms with van der Waals surface area (Å²) in [6, 6.07) is 8.47. The number of rotatable bonds is 5.